The van der Waals surface area contributed by atoms with E-state index in [1.54, 1.807) is 18.2 Å². The van der Waals surface area contributed by atoms with Crippen molar-refractivity contribution in [1.82, 2.24) is 0 Å². The summed E-state index contributed by atoms with van der Waals surface area (Å²) >= 11 is 1.38. The quantitative estimate of drug-likeness (QED) is 0.834. The number of hydrogen-bond donors (Lipinski definition) is 1. The third kappa shape index (κ3) is 4.75. The summed E-state index contributed by atoms with van der Waals surface area (Å²) in [7, 11) is 0. The van der Waals surface area contributed by atoms with E-state index in [0.717, 1.165) is 17.7 Å². The third-order valence-electron chi connectivity index (χ3n) is 2.58. The third-order valence-corrected chi connectivity index (χ3v) is 3.64. The van der Waals surface area contributed by atoms with Gasteiger partial charge in [-0.15, -0.1) is 11.8 Å². The van der Waals surface area contributed by atoms with E-state index in [2.05, 4.69) is 0 Å². The summed E-state index contributed by atoms with van der Waals surface area (Å²) in [4.78, 5) is 11.3. The molecule has 6 heteroatoms. The zero-order valence-corrected chi connectivity index (χ0v) is 11.8. The number of thioether (sulfide) groups is 1. The zero-order valence-electron chi connectivity index (χ0n) is 11.0. The molecule has 0 aromatic heterocycles. The maximum absolute atomic E-state index is 13.1. The highest BCUT2D eigenvalue weighted by molar-refractivity contribution is 7.98. The molecule has 0 aliphatic heterocycles. The molecule has 0 radical (unpaired) electrons. The van der Waals surface area contributed by atoms with Gasteiger partial charge in [-0.05, 0) is 35.9 Å². The molecule has 0 spiro atoms. The SMILES string of the molecule is NC(=O)COc1cccc(CSc2ccc(F)c(F)c2)c1. The van der Waals surface area contributed by atoms with Gasteiger partial charge in [0.2, 0.25) is 0 Å². The van der Waals surface area contributed by atoms with Crippen LogP contribution in [0.15, 0.2) is 47.4 Å². The first-order valence-electron chi connectivity index (χ1n) is 6.12. The van der Waals surface area contributed by atoms with Gasteiger partial charge in [0, 0.05) is 10.6 Å². The first-order chi connectivity index (χ1) is 10.0. The second-order valence-corrected chi connectivity index (χ2v) is 5.32. The summed E-state index contributed by atoms with van der Waals surface area (Å²) in [5.41, 5.74) is 5.94. The van der Waals surface area contributed by atoms with E-state index in [1.807, 2.05) is 6.07 Å². The first kappa shape index (κ1) is 15.3. The van der Waals surface area contributed by atoms with Gasteiger partial charge in [0.05, 0.1) is 0 Å². The van der Waals surface area contributed by atoms with Gasteiger partial charge in [-0.3, -0.25) is 4.79 Å². The fourth-order valence-electron chi connectivity index (χ4n) is 1.61. The second kappa shape index (κ2) is 7.08. The molecule has 110 valence electrons. The van der Waals surface area contributed by atoms with E-state index in [0.29, 0.717) is 16.4 Å². The van der Waals surface area contributed by atoms with Crippen LogP contribution in [0.2, 0.25) is 0 Å². The minimum absolute atomic E-state index is 0.181. The molecule has 0 saturated carbocycles. The Morgan fingerprint density at radius 1 is 1.14 bits per heavy atom. The maximum Gasteiger partial charge on any atom is 0.255 e. The Hall–Kier alpha value is -2.08. The Kier molecular flexibility index (Phi) is 5.16. The molecule has 1 amide bonds. The molecule has 0 bridgehead atoms. The molecule has 0 atom stereocenters. The van der Waals surface area contributed by atoms with Crippen molar-refractivity contribution in [1.29, 1.82) is 0 Å². The highest BCUT2D eigenvalue weighted by atomic mass is 32.2. The lowest BCUT2D eigenvalue weighted by molar-refractivity contribution is -0.119. The van der Waals surface area contributed by atoms with E-state index in [4.69, 9.17) is 10.5 Å². The summed E-state index contributed by atoms with van der Waals surface area (Å²) in [5, 5.41) is 0. The van der Waals surface area contributed by atoms with E-state index in [-0.39, 0.29) is 6.61 Å². The Labute approximate surface area is 125 Å². The Morgan fingerprint density at radius 3 is 2.67 bits per heavy atom. The van der Waals surface area contributed by atoms with Crippen LogP contribution < -0.4 is 10.5 Å². The standard InChI is InChI=1S/C15H13F2NO2S/c16-13-5-4-12(7-14(13)17)21-9-10-2-1-3-11(6-10)20-8-15(18)19/h1-7H,8-9H2,(H2,18,19). The number of carbonyl (C=O) groups excluding carboxylic acids is 1. The van der Waals surface area contributed by atoms with Gasteiger partial charge >= 0.3 is 0 Å². The van der Waals surface area contributed by atoms with E-state index in [9.17, 15) is 13.6 Å². The smallest absolute Gasteiger partial charge is 0.255 e. The predicted molar refractivity (Wildman–Crippen MR) is 77.1 cm³/mol. The molecule has 2 aromatic carbocycles. The average Bonchev–Trinajstić information content (AvgIpc) is 2.47. The number of benzene rings is 2. The molecule has 0 fully saturated rings. The maximum atomic E-state index is 13.1. The van der Waals surface area contributed by atoms with E-state index < -0.39 is 17.5 Å². The first-order valence-corrected chi connectivity index (χ1v) is 7.11. The van der Waals surface area contributed by atoms with Crippen LogP contribution in [-0.2, 0) is 10.5 Å². The molecule has 0 heterocycles. The lowest BCUT2D eigenvalue weighted by Crippen LogP contribution is -2.20. The predicted octanol–water partition coefficient (Wildman–Crippen LogP) is 3.12. The monoisotopic (exact) mass is 309 g/mol. The normalized spacial score (nSPS) is 10.4. The van der Waals surface area contributed by atoms with Gasteiger partial charge < -0.3 is 10.5 Å². The van der Waals surface area contributed by atoms with Gasteiger partial charge in [-0.1, -0.05) is 12.1 Å². The van der Waals surface area contributed by atoms with Gasteiger partial charge in [0.15, 0.2) is 18.2 Å². The summed E-state index contributed by atoms with van der Waals surface area (Å²) in [6, 6.07) is 10.9. The van der Waals surface area contributed by atoms with Crippen molar-refractivity contribution in [3.63, 3.8) is 0 Å². The van der Waals surface area contributed by atoms with Gasteiger partial charge in [-0.25, -0.2) is 8.78 Å². The average molecular weight is 309 g/mol. The van der Waals surface area contributed by atoms with E-state index >= 15 is 0 Å². The number of primary amides is 1. The minimum Gasteiger partial charge on any atom is -0.484 e. The van der Waals surface area contributed by atoms with Crippen molar-refractivity contribution < 1.29 is 18.3 Å². The van der Waals surface area contributed by atoms with Crippen LogP contribution in [0.4, 0.5) is 8.78 Å². The fourth-order valence-corrected chi connectivity index (χ4v) is 2.48. The number of ether oxygens (including phenoxy) is 1. The van der Waals surface area contributed by atoms with Crippen molar-refractivity contribution in [3.05, 3.63) is 59.7 Å². The Balaban J connectivity index is 1.97. The van der Waals surface area contributed by atoms with Crippen LogP contribution in [0.25, 0.3) is 0 Å². The van der Waals surface area contributed by atoms with Crippen LogP contribution in [0.5, 0.6) is 5.75 Å². The number of rotatable bonds is 6. The summed E-state index contributed by atoms with van der Waals surface area (Å²) in [5.74, 6) is -1.16. The molecule has 0 aliphatic rings. The van der Waals surface area contributed by atoms with Crippen molar-refractivity contribution in [2.45, 2.75) is 10.6 Å². The topological polar surface area (TPSA) is 52.3 Å². The molecular formula is C15H13F2NO2S. The minimum atomic E-state index is -0.862. The molecule has 0 saturated heterocycles. The van der Waals surface area contributed by atoms with Gasteiger partial charge in [0.1, 0.15) is 5.75 Å². The highest BCUT2D eigenvalue weighted by Crippen LogP contribution is 2.25. The van der Waals surface area contributed by atoms with Crippen LogP contribution in [0.1, 0.15) is 5.56 Å². The molecule has 2 rings (SSSR count). The Morgan fingerprint density at radius 2 is 1.95 bits per heavy atom. The lowest BCUT2D eigenvalue weighted by atomic mass is 10.2. The number of hydrogen-bond acceptors (Lipinski definition) is 3. The van der Waals surface area contributed by atoms with Crippen LogP contribution in [0, 0.1) is 11.6 Å². The van der Waals surface area contributed by atoms with Gasteiger partial charge in [-0.2, -0.15) is 0 Å². The van der Waals surface area contributed by atoms with Crippen LogP contribution in [-0.4, -0.2) is 12.5 Å². The summed E-state index contributed by atoms with van der Waals surface area (Å²) in [6.45, 7) is -0.181. The number of carbonyl (C=O) groups is 1. The second-order valence-electron chi connectivity index (χ2n) is 4.27. The number of amides is 1. The molecule has 21 heavy (non-hydrogen) atoms. The Bertz CT molecular complexity index is 649. The molecule has 0 unspecified atom stereocenters. The van der Waals surface area contributed by atoms with Crippen LogP contribution in [0.3, 0.4) is 0 Å². The summed E-state index contributed by atoms with van der Waals surface area (Å²) in [6.07, 6.45) is 0. The van der Waals surface area contributed by atoms with Gasteiger partial charge in [0.25, 0.3) is 5.91 Å². The highest BCUT2D eigenvalue weighted by Gasteiger charge is 2.04. The van der Waals surface area contributed by atoms with Crippen molar-refractivity contribution in [3.8, 4) is 5.75 Å². The summed E-state index contributed by atoms with van der Waals surface area (Å²) < 4.78 is 31.1. The molecule has 2 aromatic rings. The van der Waals surface area contributed by atoms with Crippen molar-refractivity contribution in [2.24, 2.45) is 5.73 Å². The zero-order chi connectivity index (χ0) is 15.2. The van der Waals surface area contributed by atoms with Crippen molar-refractivity contribution >= 4 is 17.7 Å². The van der Waals surface area contributed by atoms with Crippen LogP contribution >= 0.6 is 11.8 Å². The lowest BCUT2D eigenvalue weighted by Gasteiger charge is -2.07. The van der Waals surface area contributed by atoms with E-state index in [1.165, 1.54) is 17.8 Å². The molecule has 3 nitrogen and oxygen atoms in total. The largest absolute Gasteiger partial charge is 0.484 e. The number of nitrogens with two attached hydrogens (primary N) is 1. The molecular weight excluding hydrogens is 296 g/mol. The molecule has 2 N–H and O–H groups in total. The number of halogens is 2. The van der Waals surface area contributed by atoms with Crippen molar-refractivity contribution in [2.75, 3.05) is 6.61 Å². The fraction of sp³-hybridized carbons (Fsp3) is 0.133. The molecule has 0 aliphatic carbocycles.